The second-order valence-corrected chi connectivity index (χ2v) is 6.03. The minimum Gasteiger partial charge on any atom is -0.388 e. The van der Waals surface area contributed by atoms with Gasteiger partial charge in [-0.3, -0.25) is 0 Å². The molecule has 0 aromatic heterocycles. The molecule has 0 amide bonds. The minimum absolute atomic E-state index is 0.281. The third-order valence-electron chi connectivity index (χ3n) is 4.45. The molecule has 1 aliphatic rings. The Morgan fingerprint density at radius 3 is 2.41 bits per heavy atom. The van der Waals surface area contributed by atoms with E-state index < -0.39 is 0 Å². The lowest BCUT2D eigenvalue weighted by Gasteiger charge is -2.31. The SMILES string of the molecule is CCc1ccc(C(O)C2CCCC2(C)C)cc1. The molecule has 0 radical (unpaired) electrons. The first-order valence-electron chi connectivity index (χ1n) is 6.81. The lowest BCUT2D eigenvalue weighted by atomic mass is 9.77. The van der Waals surface area contributed by atoms with Crippen LogP contribution in [0.2, 0.25) is 0 Å². The third-order valence-corrected chi connectivity index (χ3v) is 4.45. The number of hydrogen-bond donors (Lipinski definition) is 1. The van der Waals surface area contributed by atoms with Crippen molar-refractivity contribution in [2.45, 2.75) is 52.6 Å². The number of hydrogen-bond acceptors (Lipinski definition) is 1. The Morgan fingerprint density at radius 2 is 1.94 bits per heavy atom. The van der Waals surface area contributed by atoms with Crippen molar-refractivity contribution < 1.29 is 5.11 Å². The van der Waals surface area contributed by atoms with E-state index in [0.717, 1.165) is 18.4 Å². The topological polar surface area (TPSA) is 20.2 Å². The van der Waals surface area contributed by atoms with Crippen LogP contribution < -0.4 is 0 Å². The molecule has 2 atom stereocenters. The fraction of sp³-hybridized carbons (Fsp3) is 0.625. The highest BCUT2D eigenvalue weighted by Crippen LogP contribution is 2.48. The van der Waals surface area contributed by atoms with Crippen LogP contribution in [0.15, 0.2) is 24.3 Å². The summed E-state index contributed by atoms with van der Waals surface area (Å²) in [5.74, 6) is 0.412. The van der Waals surface area contributed by atoms with Crippen molar-refractivity contribution in [3.8, 4) is 0 Å². The van der Waals surface area contributed by atoms with Crippen LogP contribution in [0.5, 0.6) is 0 Å². The smallest absolute Gasteiger partial charge is 0.0823 e. The van der Waals surface area contributed by atoms with Gasteiger partial charge in [-0.05, 0) is 41.7 Å². The molecular weight excluding hydrogens is 208 g/mol. The van der Waals surface area contributed by atoms with Gasteiger partial charge in [0, 0.05) is 0 Å². The van der Waals surface area contributed by atoms with Gasteiger partial charge >= 0.3 is 0 Å². The number of aryl methyl sites for hydroxylation is 1. The molecule has 1 aliphatic carbocycles. The second-order valence-electron chi connectivity index (χ2n) is 6.03. The van der Waals surface area contributed by atoms with Crippen LogP contribution in [0.3, 0.4) is 0 Å². The zero-order valence-electron chi connectivity index (χ0n) is 11.2. The van der Waals surface area contributed by atoms with E-state index in [-0.39, 0.29) is 11.5 Å². The maximum atomic E-state index is 10.5. The second kappa shape index (κ2) is 4.81. The first-order chi connectivity index (χ1) is 8.04. The van der Waals surface area contributed by atoms with Gasteiger partial charge in [0.25, 0.3) is 0 Å². The summed E-state index contributed by atoms with van der Waals surface area (Å²) >= 11 is 0. The fourth-order valence-electron chi connectivity index (χ4n) is 3.12. The molecule has 17 heavy (non-hydrogen) atoms. The third kappa shape index (κ3) is 2.55. The molecule has 1 saturated carbocycles. The van der Waals surface area contributed by atoms with Crippen molar-refractivity contribution in [2.24, 2.45) is 11.3 Å². The van der Waals surface area contributed by atoms with Crippen molar-refractivity contribution in [3.63, 3.8) is 0 Å². The van der Waals surface area contributed by atoms with Gasteiger partial charge in [0.1, 0.15) is 0 Å². The molecule has 1 aromatic rings. The maximum Gasteiger partial charge on any atom is 0.0823 e. The molecule has 1 fully saturated rings. The van der Waals surface area contributed by atoms with Crippen LogP contribution in [0.4, 0.5) is 0 Å². The van der Waals surface area contributed by atoms with Gasteiger partial charge in [0.2, 0.25) is 0 Å². The summed E-state index contributed by atoms with van der Waals surface area (Å²) in [5.41, 5.74) is 2.71. The quantitative estimate of drug-likeness (QED) is 0.831. The molecule has 0 saturated heterocycles. The Labute approximate surface area is 105 Å². The van der Waals surface area contributed by atoms with Crippen LogP contribution in [-0.4, -0.2) is 5.11 Å². The molecule has 1 heteroatoms. The Hall–Kier alpha value is -0.820. The van der Waals surface area contributed by atoms with E-state index in [1.165, 1.54) is 18.4 Å². The van der Waals surface area contributed by atoms with Crippen molar-refractivity contribution in [3.05, 3.63) is 35.4 Å². The molecule has 0 aliphatic heterocycles. The molecule has 2 rings (SSSR count). The largest absolute Gasteiger partial charge is 0.388 e. The number of aliphatic hydroxyl groups is 1. The Balaban J connectivity index is 2.16. The number of rotatable bonds is 3. The molecule has 0 spiro atoms. The van der Waals surface area contributed by atoms with Gasteiger partial charge in [-0.15, -0.1) is 0 Å². The van der Waals surface area contributed by atoms with Gasteiger partial charge in [-0.1, -0.05) is 51.5 Å². The van der Waals surface area contributed by atoms with Crippen LogP contribution >= 0.6 is 0 Å². The first kappa shape index (κ1) is 12.6. The lowest BCUT2D eigenvalue weighted by molar-refractivity contribution is 0.0531. The molecule has 2 unspecified atom stereocenters. The predicted molar refractivity (Wildman–Crippen MR) is 71.9 cm³/mol. The number of benzene rings is 1. The first-order valence-corrected chi connectivity index (χ1v) is 6.81. The highest BCUT2D eigenvalue weighted by molar-refractivity contribution is 5.25. The monoisotopic (exact) mass is 232 g/mol. The average molecular weight is 232 g/mol. The summed E-state index contributed by atoms with van der Waals surface area (Å²) in [6.07, 6.45) is 4.41. The fourth-order valence-corrected chi connectivity index (χ4v) is 3.12. The zero-order chi connectivity index (χ0) is 12.5. The van der Waals surface area contributed by atoms with Gasteiger partial charge in [0.15, 0.2) is 0 Å². The average Bonchev–Trinajstić information content (AvgIpc) is 2.68. The van der Waals surface area contributed by atoms with E-state index in [1.54, 1.807) is 0 Å². The van der Waals surface area contributed by atoms with Gasteiger partial charge in [-0.2, -0.15) is 0 Å². The van der Waals surface area contributed by atoms with E-state index in [2.05, 4.69) is 45.0 Å². The van der Waals surface area contributed by atoms with E-state index in [1.807, 2.05) is 0 Å². The zero-order valence-corrected chi connectivity index (χ0v) is 11.2. The highest BCUT2D eigenvalue weighted by atomic mass is 16.3. The summed E-state index contributed by atoms with van der Waals surface area (Å²) in [6, 6.07) is 8.47. The molecular formula is C16H24O. The standard InChI is InChI=1S/C16H24O/c1-4-12-7-9-13(10-8-12)15(17)14-6-5-11-16(14,2)3/h7-10,14-15,17H,4-6,11H2,1-3H3. The van der Waals surface area contributed by atoms with Crippen LogP contribution in [0.1, 0.15) is 57.3 Å². The predicted octanol–water partition coefficient (Wildman–Crippen LogP) is 4.11. The van der Waals surface area contributed by atoms with Gasteiger partial charge < -0.3 is 5.11 Å². The maximum absolute atomic E-state index is 10.5. The van der Waals surface area contributed by atoms with E-state index in [9.17, 15) is 5.11 Å². The van der Waals surface area contributed by atoms with Crippen molar-refractivity contribution in [1.82, 2.24) is 0 Å². The normalized spacial score (nSPS) is 24.8. The van der Waals surface area contributed by atoms with E-state index in [4.69, 9.17) is 0 Å². The van der Waals surface area contributed by atoms with Crippen molar-refractivity contribution >= 4 is 0 Å². The van der Waals surface area contributed by atoms with Crippen molar-refractivity contribution in [2.75, 3.05) is 0 Å². The van der Waals surface area contributed by atoms with Crippen molar-refractivity contribution in [1.29, 1.82) is 0 Å². The minimum atomic E-state index is -0.293. The van der Waals surface area contributed by atoms with Gasteiger partial charge in [0.05, 0.1) is 6.10 Å². The Kier molecular flexibility index (Phi) is 3.58. The Bertz CT molecular complexity index is 364. The molecule has 1 nitrogen and oxygen atoms in total. The molecule has 94 valence electrons. The number of aliphatic hydroxyl groups excluding tert-OH is 1. The Morgan fingerprint density at radius 1 is 1.29 bits per heavy atom. The highest BCUT2D eigenvalue weighted by Gasteiger charge is 2.39. The molecule has 0 bridgehead atoms. The summed E-state index contributed by atoms with van der Waals surface area (Å²) < 4.78 is 0. The summed E-state index contributed by atoms with van der Waals surface area (Å²) in [5, 5.41) is 10.5. The lowest BCUT2D eigenvalue weighted by Crippen LogP contribution is -2.24. The summed E-state index contributed by atoms with van der Waals surface area (Å²) in [4.78, 5) is 0. The summed E-state index contributed by atoms with van der Waals surface area (Å²) in [6.45, 7) is 6.73. The summed E-state index contributed by atoms with van der Waals surface area (Å²) in [7, 11) is 0. The molecule has 0 heterocycles. The molecule has 1 aromatic carbocycles. The van der Waals surface area contributed by atoms with Crippen LogP contribution in [0, 0.1) is 11.3 Å². The molecule has 1 N–H and O–H groups in total. The van der Waals surface area contributed by atoms with Crippen LogP contribution in [-0.2, 0) is 6.42 Å². The van der Waals surface area contributed by atoms with E-state index >= 15 is 0 Å². The van der Waals surface area contributed by atoms with E-state index in [0.29, 0.717) is 5.92 Å². The van der Waals surface area contributed by atoms with Gasteiger partial charge in [-0.25, -0.2) is 0 Å². The van der Waals surface area contributed by atoms with Crippen LogP contribution in [0.25, 0.3) is 0 Å².